The molecule has 0 aliphatic rings. The number of benzene rings is 1. The lowest BCUT2D eigenvalue weighted by Crippen LogP contribution is -2.08. The van der Waals surface area contributed by atoms with Crippen molar-refractivity contribution in [3.05, 3.63) is 41.2 Å². The van der Waals surface area contributed by atoms with Crippen LogP contribution in [-0.2, 0) is 6.42 Å². The van der Waals surface area contributed by atoms with Gasteiger partial charge in [-0.1, -0.05) is 19.4 Å². The van der Waals surface area contributed by atoms with Crippen LogP contribution in [0.25, 0.3) is 5.69 Å². The Kier molecular flexibility index (Phi) is 4.08. The van der Waals surface area contributed by atoms with Gasteiger partial charge in [0, 0.05) is 0 Å². The number of carboxylic acid groups (broad SMARTS) is 1. The second-order valence-electron chi connectivity index (χ2n) is 4.65. The third-order valence-electron chi connectivity index (χ3n) is 3.15. The maximum atomic E-state index is 11.3. The van der Waals surface area contributed by atoms with Crippen LogP contribution in [0.4, 0.5) is 0 Å². The van der Waals surface area contributed by atoms with Gasteiger partial charge >= 0.3 is 5.97 Å². The van der Waals surface area contributed by atoms with Gasteiger partial charge in [0.1, 0.15) is 17.0 Å². The van der Waals surface area contributed by atoms with Gasteiger partial charge in [0.25, 0.3) is 0 Å². The van der Waals surface area contributed by atoms with Gasteiger partial charge < -0.3 is 9.84 Å². The van der Waals surface area contributed by atoms with E-state index in [0.717, 1.165) is 17.7 Å². The smallest absolute Gasteiger partial charge is 0.339 e. The zero-order chi connectivity index (χ0) is 14.7. The van der Waals surface area contributed by atoms with Crippen LogP contribution in [0.15, 0.2) is 24.4 Å². The molecule has 5 nitrogen and oxygen atoms in total. The SMILES string of the molecule is CCCc1c(C(=O)O)cnn1-c1cc(C)ccc1OC. The van der Waals surface area contributed by atoms with E-state index in [2.05, 4.69) is 5.10 Å². The molecule has 0 atom stereocenters. The van der Waals surface area contributed by atoms with Crippen molar-refractivity contribution in [2.75, 3.05) is 7.11 Å². The zero-order valence-corrected chi connectivity index (χ0v) is 11.9. The third-order valence-corrected chi connectivity index (χ3v) is 3.15. The molecule has 0 aliphatic carbocycles. The Hall–Kier alpha value is -2.30. The van der Waals surface area contributed by atoms with E-state index in [-0.39, 0.29) is 5.56 Å². The lowest BCUT2D eigenvalue weighted by atomic mass is 10.1. The Labute approximate surface area is 117 Å². The van der Waals surface area contributed by atoms with E-state index in [1.807, 2.05) is 32.0 Å². The summed E-state index contributed by atoms with van der Waals surface area (Å²) in [5.74, 6) is -0.278. The Morgan fingerprint density at radius 2 is 2.20 bits per heavy atom. The highest BCUT2D eigenvalue weighted by atomic mass is 16.5. The van der Waals surface area contributed by atoms with E-state index in [4.69, 9.17) is 4.74 Å². The van der Waals surface area contributed by atoms with Gasteiger partial charge in [-0.2, -0.15) is 5.10 Å². The first-order chi connectivity index (χ1) is 9.58. The van der Waals surface area contributed by atoms with Crippen LogP contribution in [0.2, 0.25) is 0 Å². The third kappa shape index (κ3) is 2.52. The number of hydrogen-bond donors (Lipinski definition) is 1. The molecule has 1 aromatic heterocycles. The minimum Gasteiger partial charge on any atom is -0.494 e. The molecule has 1 N–H and O–H groups in total. The number of aromatic carboxylic acids is 1. The highest BCUT2D eigenvalue weighted by Gasteiger charge is 2.18. The lowest BCUT2D eigenvalue weighted by molar-refractivity contribution is 0.0695. The summed E-state index contributed by atoms with van der Waals surface area (Å²) < 4.78 is 7.01. The summed E-state index contributed by atoms with van der Waals surface area (Å²) in [6.45, 7) is 3.99. The molecule has 0 saturated heterocycles. The van der Waals surface area contributed by atoms with Crippen LogP contribution >= 0.6 is 0 Å². The molecule has 0 saturated carbocycles. The van der Waals surface area contributed by atoms with Crippen molar-refractivity contribution in [1.82, 2.24) is 9.78 Å². The number of aryl methyl sites for hydroxylation is 1. The molecule has 2 aromatic rings. The van der Waals surface area contributed by atoms with Gasteiger partial charge in [-0.3, -0.25) is 0 Å². The Morgan fingerprint density at radius 1 is 1.45 bits per heavy atom. The molecule has 2 rings (SSSR count). The molecular formula is C15H18N2O3. The molecule has 0 bridgehead atoms. The molecule has 106 valence electrons. The summed E-state index contributed by atoms with van der Waals surface area (Å²) >= 11 is 0. The Balaban J connectivity index is 2.63. The summed E-state index contributed by atoms with van der Waals surface area (Å²) in [6.07, 6.45) is 2.90. The van der Waals surface area contributed by atoms with Crippen molar-refractivity contribution < 1.29 is 14.6 Å². The van der Waals surface area contributed by atoms with Crippen molar-refractivity contribution >= 4 is 5.97 Å². The fourth-order valence-corrected chi connectivity index (χ4v) is 2.20. The van der Waals surface area contributed by atoms with E-state index >= 15 is 0 Å². The predicted octanol–water partition coefficient (Wildman–Crippen LogP) is 2.84. The first kappa shape index (κ1) is 14.1. The average molecular weight is 274 g/mol. The van der Waals surface area contributed by atoms with Gasteiger partial charge in [0.05, 0.1) is 19.0 Å². The summed E-state index contributed by atoms with van der Waals surface area (Å²) in [5.41, 5.74) is 2.78. The predicted molar refractivity (Wildman–Crippen MR) is 75.8 cm³/mol. The normalized spacial score (nSPS) is 10.6. The van der Waals surface area contributed by atoms with Crippen LogP contribution in [0.5, 0.6) is 5.75 Å². The quantitative estimate of drug-likeness (QED) is 0.910. The van der Waals surface area contributed by atoms with Crippen molar-refractivity contribution in [2.45, 2.75) is 26.7 Å². The monoisotopic (exact) mass is 274 g/mol. The number of carbonyl (C=O) groups is 1. The molecule has 0 aliphatic heterocycles. The van der Waals surface area contributed by atoms with E-state index in [1.165, 1.54) is 6.20 Å². The van der Waals surface area contributed by atoms with Gasteiger partial charge in [-0.25, -0.2) is 9.48 Å². The standard InChI is InChI=1S/C15H18N2O3/c1-4-5-12-11(15(18)19)9-16-17(12)13-8-10(2)6-7-14(13)20-3/h6-9H,4-5H2,1-3H3,(H,18,19). The highest BCUT2D eigenvalue weighted by molar-refractivity contribution is 5.88. The van der Waals surface area contributed by atoms with Crippen molar-refractivity contribution in [1.29, 1.82) is 0 Å². The van der Waals surface area contributed by atoms with Crippen LogP contribution < -0.4 is 4.74 Å². The topological polar surface area (TPSA) is 64.3 Å². The molecule has 0 fully saturated rings. The van der Waals surface area contributed by atoms with Crippen LogP contribution in [-0.4, -0.2) is 28.0 Å². The number of ether oxygens (including phenoxy) is 1. The first-order valence-corrected chi connectivity index (χ1v) is 6.53. The largest absolute Gasteiger partial charge is 0.494 e. The first-order valence-electron chi connectivity index (χ1n) is 6.53. The fourth-order valence-electron chi connectivity index (χ4n) is 2.20. The minimum atomic E-state index is -0.952. The van der Waals surface area contributed by atoms with E-state index in [1.54, 1.807) is 11.8 Å². The second-order valence-corrected chi connectivity index (χ2v) is 4.65. The number of hydrogen-bond acceptors (Lipinski definition) is 3. The second kappa shape index (κ2) is 5.77. The molecule has 20 heavy (non-hydrogen) atoms. The molecule has 0 radical (unpaired) electrons. The van der Waals surface area contributed by atoms with Crippen molar-refractivity contribution in [3.8, 4) is 11.4 Å². The maximum absolute atomic E-state index is 11.3. The Bertz CT molecular complexity index is 632. The summed E-state index contributed by atoms with van der Waals surface area (Å²) in [4.78, 5) is 11.3. The highest BCUT2D eigenvalue weighted by Crippen LogP contribution is 2.26. The van der Waals surface area contributed by atoms with Crippen LogP contribution in [0.1, 0.15) is 35.0 Å². The van der Waals surface area contributed by atoms with E-state index < -0.39 is 5.97 Å². The summed E-state index contributed by atoms with van der Waals surface area (Å²) in [7, 11) is 1.59. The summed E-state index contributed by atoms with van der Waals surface area (Å²) in [5, 5.41) is 13.5. The molecule has 0 unspecified atom stereocenters. The number of methoxy groups -OCH3 is 1. The van der Waals surface area contributed by atoms with Crippen LogP contribution in [0.3, 0.4) is 0 Å². The van der Waals surface area contributed by atoms with Gasteiger partial charge in [-0.05, 0) is 31.0 Å². The molecule has 0 spiro atoms. The Morgan fingerprint density at radius 3 is 2.80 bits per heavy atom. The minimum absolute atomic E-state index is 0.246. The molecule has 1 heterocycles. The lowest BCUT2D eigenvalue weighted by Gasteiger charge is -2.12. The number of rotatable bonds is 5. The molecule has 0 amide bonds. The molecule has 5 heteroatoms. The summed E-state index contributed by atoms with van der Waals surface area (Å²) in [6, 6.07) is 5.75. The van der Waals surface area contributed by atoms with Crippen LogP contribution in [0, 0.1) is 6.92 Å². The van der Waals surface area contributed by atoms with E-state index in [9.17, 15) is 9.90 Å². The van der Waals surface area contributed by atoms with E-state index in [0.29, 0.717) is 17.9 Å². The van der Waals surface area contributed by atoms with Crippen molar-refractivity contribution in [2.24, 2.45) is 0 Å². The van der Waals surface area contributed by atoms with Gasteiger partial charge in [-0.15, -0.1) is 0 Å². The molecule has 1 aromatic carbocycles. The number of carboxylic acids is 1. The molecular weight excluding hydrogens is 256 g/mol. The fraction of sp³-hybridized carbons (Fsp3) is 0.333. The number of nitrogens with zero attached hydrogens (tertiary/aromatic N) is 2. The maximum Gasteiger partial charge on any atom is 0.339 e. The zero-order valence-electron chi connectivity index (χ0n) is 11.9. The van der Waals surface area contributed by atoms with Gasteiger partial charge in [0.2, 0.25) is 0 Å². The average Bonchev–Trinajstić information content (AvgIpc) is 2.83. The van der Waals surface area contributed by atoms with Crippen molar-refractivity contribution in [3.63, 3.8) is 0 Å². The van der Waals surface area contributed by atoms with Gasteiger partial charge in [0.15, 0.2) is 0 Å². The number of aromatic nitrogens is 2.